The van der Waals surface area contributed by atoms with Crippen LogP contribution in [0.5, 0.6) is 0 Å². The van der Waals surface area contributed by atoms with E-state index in [0.717, 1.165) is 25.1 Å². The van der Waals surface area contributed by atoms with Crippen molar-refractivity contribution in [1.29, 1.82) is 0 Å². The third-order valence-corrected chi connectivity index (χ3v) is 2.94. The molecule has 1 aromatic heterocycles. The molecular weight excluding hydrogens is 278 g/mol. The third kappa shape index (κ3) is 4.13. The van der Waals surface area contributed by atoms with E-state index in [0.29, 0.717) is 0 Å². The minimum atomic E-state index is -0.660. The molecule has 9 heteroatoms. The Balaban J connectivity index is 1.88. The molecule has 112 valence electrons. The molecule has 0 bridgehead atoms. The van der Waals surface area contributed by atoms with Gasteiger partial charge in [-0.3, -0.25) is 19.7 Å². The molecule has 0 spiro atoms. The highest BCUT2D eigenvalue weighted by molar-refractivity contribution is 5.99. The van der Waals surface area contributed by atoms with E-state index in [9.17, 15) is 19.7 Å². The molecule has 2 rings (SSSR count). The number of rotatable bonds is 6. The van der Waals surface area contributed by atoms with E-state index in [-0.39, 0.29) is 42.0 Å². The number of hydrogen-bond donors (Lipinski definition) is 3. The number of anilines is 1. The molecule has 0 aromatic carbocycles. The number of nitro groups is 1. The lowest BCUT2D eigenvalue weighted by Crippen LogP contribution is -2.32. The Bertz CT molecular complexity index is 585. The van der Waals surface area contributed by atoms with Crippen molar-refractivity contribution >= 4 is 23.3 Å². The van der Waals surface area contributed by atoms with Gasteiger partial charge >= 0.3 is 0 Å². The molecular formula is C12H15N5O4. The van der Waals surface area contributed by atoms with Gasteiger partial charge in [0.15, 0.2) is 0 Å². The normalized spacial score (nSPS) is 13.5. The van der Waals surface area contributed by atoms with E-state index in [1.807, 2.05) is 0 Å². The number of nitrogens with one attached hydrogen (secondary N) is 2. The first-order valence-electron chi connectivity index (χ1n) is 6.45. The highest BCUT2D eigenvalue weighted by Gasteiger charge is 2.23. The largest absolute Gasteiger partial charge is 0.383 e. The minimum Gasteiger partial charge on any atom is -0.383 e. The number of aromatic nitrogens is 1. The van der Waals surface area contributed by atoms with Crippen LogP contribution < -0.4 is 16.4 Å². The van der Waals surface area contributed by atoms with E-state index in [1.165, 1.54) is 0 Å². The predicted molar refractivity (Wildman–Crippen MR) is 73.4 cm³/mol. The SMILES string of the molecule is Nc1ncc([N+](=O)[O-])cc1C(=O)NCCC(=O)NC1CC1. The summed E-state index contributed by atoms with van der Waals surface area (Å²) < 4.78 is 0. The predicted octanol–water partition coefficient (Wildman–Crippen LogP) is -0.0295. The van der Waals surface area contributed by atoms with Crippen LogP contribution in [-0.2, 0) is 4.79 Å². The quantitative estimate of drug-likeness (QED) is 0.497. The zero-order valence-corrected chi connectivity index (χ0v) is 11.2. The number of nitrogens with two attached hydrogens (primary N) is 1. The topological polar surface area (TPSA) is 140 Å². The average molecular weight is 293 g/mol. The third-order valence-electron chi connectivity index (χ3n) is 2.94. The van der Waals surface area contributed by atoms with Gasteiger partial charge in [0, 0.05) is 25.1 Å². The summed E-state index contributed by atoms with van der Waals surface area (Å²) >= 11 is 0. The minimum absolute atomic E-state index is 0.0770. The van der Waals surface area contributed by atoms with E-state index in [2.05, 4.69) is 15.6 Å². The van der Waals surface area contributed by atoms with Crippen molar-refractivity contribution in [3.05, 3.63) is 27.9 Å². The van der Waals surface area contributed by atoms with Gasteiger partial charge in [0.1, 0.15) is 12.0 Å². The molecule has 4 N–H and O–H groups in total. The van der Waals surface area contributed by atoms with E-state index >= 15 is 0 Å². The maximum Gasteiger partial charge on any atom is 0.288 e. The van der Waals surface area contributed by atoms with Gasteiger partial charge in [-0.2, -0.15) is 0 Å². The van der Waals surface area contributed by atoms with Gasteiger partial charge in [0.25, 0.3) is 11.6 Å². The zero-order valence-electron chi connectivity index (χ0n) is 11.2. The van der Waals surface area contributed by atoms with Crippen LogP contribution in [0.4, 0.5) is 11.5 Å². The lowest BCUT2D eigenvalue weighted by atomic mass is 10.2. The Hall–Kier alpha value is -2.71. The van der Waals surface area contributed by atoms with Gasteiger partial charge in [0.05, 0.1) is 10.5 Å². The lowest BCUT2D eigenvalue weighted by molar-refractivity contribution is -0.385. The van der Waals surface area contributed by atoms with Crippen LogP contribution in [0.25, 0.3) is 0 Å². The second-order valence-electron chi connectivity index (χ2n) is 4.73. The second-order valence-corrected chi connectivity index (χ2v) is 4.73. The van der Waals surface area contributed by atoms with E-state index in [4.69, 9.17) is 5.73 Å². The number of carbonyl (C=O) groups is 2. The first kappa shape index (κ1) is 14.7. The van der Waals surface area contributed by atoms with Crippen LogP contribution in [0.3, 0.4) is 0 Å². The molecule has 0 radical (unpaired) electrons. The Morgan fingerprint density at radius 2 is 2.19 bits per heavy atom. The maximum absolute atomic E-state index is 11.9. The molecule has 2 amide bonds. The first-order chi connectivity index (χ1) is 9.97. The van der Waals surface area contributed by atoms with Crippen LogP contribution >= 0.6 is 0 Å². The molecule has 0 unspecified atom stereocenters. The van der Waals surface area contributed by atoms with Crippen LogP contribution in [0.1, 0.15) is 29.6 Å². The van der Waals surface area contributed by atoms with Gasteiger partial charge in [-0.15, -0.1) is 0 Å². The smallest absolute Gasteiger partial charge is 0.288 e. The molecule has 9 nitrogen and oxygen atoms in total. The maximum atomic E-state index is 11.9. The number of amides is 2. The van der Waals surface area contributed by atoms with Crippen LogP contribution in [0, 0.1) is 10.1 Å². The molecule has 1 aliphatic carbocycles. The molecule has 21 heavy (non-hydrogen) atoms. The van der Waals surface area contributed by atoms with Crippen LogP contribution in [0.2, 0.25) is 0 Å². The van der Waals surface area contributed by atoms with Crippen molar-refractivity contribution in [3.8, 4) is 0 Å². The fourth-order valence-corrected chi connectivity index (χ4v) is 1.66. The summed E-state index contributed by atoms with van der Waals surface area (Å²) in [6.07, 6.45) is 3.11. The number of carbonyl (C=O) groups excluding carboxylic acids is 2. The molecule has 0 aliphatic heterocycles. The van der Waals surface area contributed by atoms with Gasteiger partial charge in [-0.25, -0.2) is 4.98 Å². The van der Waals surface area contributed by atoms with Crippen molar-refractivity contribution in [2.45, 2.75) is 25.3 Å². The monoisotopic (exact) mass is 293 g/mol. The number of pyridine rings is 1. The number of nitrogens with zero attached hydrogens (tertiary/aromatic N) is 2. The van der Waals surface area contributed by atoms with Gasteiger partial charge in [-0.05, 0) is 12.8 Å². The van der Waals surface area contributed by atoms with Crippen molar-refractivity contribution in [1.82, 2.24) is 15.6 Å². The highest BCUT2D eigenvalue weighted by Crippen LogP contribution is 2.18. The summed E-state index contributed by atoms with van der Waals surface area (Å²) in [7, 11) is 0. The summed E-state index contributed by atoms with van der Waals surface area (Å²) in [5.74, 6) is -0.827. The summed E-state index contributed by atoms with van der Waals surface area (Å²) in [6, 6.07) is 1.33. The molecule has 1 aliphatic rings. The summed E-state index contributed by atoms with van der Waals surface area (Å²) in [5, 5.41) is 15.9. The number of hydrogen-bond acceptors (Lipinski definition) is 6. The average Bonchev–Trinajstić information content (AvgIpc) is 3.22. The van der Waals surface area contributed by atoms with Crippen molar-refractivity contribution in [2.75, 3.05) is 12.3 Å². The van der Waals surface area contributed by atoms with Crippen LogP contribution in [-0.4, -0.2) is 34.3 Å². The van der Waals surface area contributed by atoms with Gasteiger partial charge in [-0.1, -0.05) is 0 Å². The Kier molecular flexibility index (Phi) is 4.31. The highest BCUT2D eigenvalue weighted by atomic mass is 16.6. The van der Waals surface area contributed by atoms with Crippen molar-refractivity contribution in [3.63, 3.8) is 0 Å². The van der Waals surface area contributed by atoms with Crippen molar-refractivity contribution in [2.24, 2.45) is 0 Å². The standard InChI is InChI=1S/C12H15N5O4/c13-11-9(5-8(6-15-11)17(20)21)12(19)14-4-3-10(18)16-7-1-2-7/h5-7H,1-4H2,(H2,13,15)(H,14,19)(H,16,18). The fourth-order valence-electron chi connectivity index (χ4n) is 1.66. The lowest BCUT2D eigenvalue weighted by Gasteiger charge is -2.07. The molecule has 1 aromatic rings. The van der Waals surface area contributed by atoms with E-state index < -0.39 is 10.8 Å². The van der Waals surface area contributed by atoms with Crippen molar-refractivity contribution < 1.29 is 14.5 Å². The fraction of sp³-hybridized carbons (Fsp3) is 0.417. The van der Waals surface area contributed by atoms with Crippen LogP contribution in [0.15, 0.2) is 12.3 Å². The van der Waals surface area contributed by atoms with Gasteiger partial charge < -0.3 is 16.4 Å². The summed E-state index contributed by atoms with van der Waals surface area (Å²) in [6.45, 7) is 0.125. The second kappa shape index (κ2) is 6.16. The molecule has 0 atom stereocenters. The first-order valence-corrected chi connectivity index (χ1v) is 6.45. The molecule has 1 saturated carbocycles. The molecule has 1 fully saturated rings. The zero-order chi connectivity index (χ0) is 15.4. The summed E-state index contributed by atoms with van der Waals surface area (Å²) in [4.78, 5) is 36.9. The van der Waals surface area contributed by atoms with E-state index in [1.54, 1.807) is 0 Å². The molecule has 0 saturated heterocycles. The summed E-state index contributed by atoms with van der Waals surface area (Å²) in [5.41, 5.74) is 5.13. The van der Waals surface area contributed by atoms with Gasteiger partial charge in [0.2, 0.25) is 5.91 Å². The Morgan fingerprint density at radius 1 is 1.48 bits per heavy atom. The number of nitrogen functional groups attached to an aromatic ring is 1. The Morgan fingerprint density at radius 3 is 2.81 bits per heavy atom. The Labute approximate surface area is 120 Å². The molecule has 1 heterocycles.